The van der Waals surface area contributed by atoms with Gasteiger partial charge in [0.1, 0.15) is 73.2 Å². The van der Waals surface area contributed by atoms with Crippen LogP contribution >= 0.6 is 0 Å². The van der Waals surface area contributed by atoms with Crippen molar-refractivity contribution in [1.29, 1.82) is 0 Å². The summed E-state index contributed by atoms with van der Waals surface area (Å²) in [5, 5.41) is 141. The van der Waals surface area contributed by atoms with Gasteiger partial charge in [0, 0.05) is 0 Å². The van der Waals surface area contributed by atoms with Gasteiger partial charge in [-0.15, -0.1) is 0 Å². The van der Waals surface area contributed by atoms with Crippen LogP contribution in [0.2, 0.25) is 0 Å². The van der Waals surface area contributed by atoms with Gasteiger partial charge >= 0.3 is 23.9 Å². The molecule has 4 aliphatic heterocycles. The van der Waals surface area contributed by atoms with Gasteiger partial charge in [0.25, 0.3) is 0 Å². The molecule has 0 aliphatic carbocycles. The standard InChI is InChI=1S/C24H34O25/c25-1-2(26)13(17(34)35)47-22(7(1)31)45-11-4(28)9(33)24(49-15(11)19(38)39)46-12-5(29)8(32)23(48-16(12)20(40)41)44-10-3(27)6(30)21(42)43-14(10)18(36)37/h1-16,21-33,42H,(H,34,35)(H,36,37)(H,38,39)(H,40,41)/t1-,2-,3+,4+,5+,6-,7-,8-,9-,10-,11-,12-,13-,14-,15-,16-,21+,22+,23+,24+/m0/s1. The van der Waals surface area contributed by atoms with E-state index in [9.17, 15) is 90.7 Å². The second-order valence-corrected chi connectivity index (χ2v) is 11.3. The van der Waals surface area contributed by atoms with Crippen LogP contribution in [0.1, 0.15) is 0 Å². The zero-order chi connectivity index (χ0) is 36.8. The first-order chi connectivity index (χ1) is 22.8. The molecule has 25 heteroatoms. The van der Waals surface area contributed by atoms with Gasteiger partial charge in [0.2, 0.25) is 0 Å². The molecular weight excluding hydrogens is 688 g/mol. The van der Waals surface area contributed by atoms with Crippen molar-refractivity contribution in [1.82, 2.24) is 0 Å². The summed E-state index contributed by atoms with van der Waals surface area (Å²) in [4.78, 5) is 47.1. The Bertz CT molecular complexity index is 1220. The molecule has 0 aromatic carbocycles. The monoisotopic (exact) mass is 722 g/mol. The lowest BCUT2D eigenvalue weighted by Crippen LogP contribution is -2.68. The minimum absolute atomic E-state index is 1.84. The summed E-state index contributed by atoms with van der Waals surface area (Å²) >= 11 is 0. The molecule has 0 radical (unpaired) electrons. The zero-order valence-electron chi connectivity index (χ0n) is 24.3. The summed E-state index contributed by atoms with van der Waals surface area (Å²) in [7, 11) is 0. The molecule has 49 heavy (non-hydrogen) atoms. The van der Waals surface area contributed by atoms with Crippen molar-refractivity contribution in [2.75, 3.05) is 0 Å². The predicted octanol–water partition coefficient (Wildman–Crippen LogP) is -9.38. The van der Waals surface area contributed by atoms with Crippen molar-refractivity contribution >= 4 is 23.9 Å². The largest absolute Gasteiger partial charge is 0.479 e. The summed E-state index contributed by atoms with van der Waals surface area (Å²) in [5.74, 6) is -7.64. The summed E-state index contributed by atoms with van der Waals surface area (Å²) in [5.41, 5.74) is 0. The van der Waals surface area contributed by atoms with E-state index >= 15 is 0 Å². The minimum atomic E-state index is -2.43. The molecule has 0 aromatic rings. The summed E-state index contributed by atoms with van der Waals surface area (Å²) in [6.45, 7) is 0. The molecule has 4 heterocycles. The first-order valence-electron chi connectivity index (χ1n) is 14.1. The maximum Gasteiger partial charge on any atom is 0.335 e. The van der Waals surface area contributed by atoms with Crippen LogP contribution in [0.25, 0.3) is 0 Å². The van der Waals surface area contributed by atoms with E-state index in [0.29, 0.717) is 0 Å². The number of aliphatic hydroxyl groups is 10. The lowest BCUT2D eigenvalue weighted by atomic mass is 9.95. The lowest BCUT2D eigenvalue weighted by Gasteiger charge is -2.47. The fourth-order valence-corrected chi connectivity index (χ4v) is 5.43. The second kappa shape index (κ2) is 15.2. The molecule has 280 valence electrons. The highest BCUT2D eigenvalue weighted by atomic mass is 16.8. The third-order valence-corrected chi connectivity index (χ3v) is 8.07. The summed E-state index contributed by atoms with van der Waals surface area (Å²) in [6.07, 6.45) is -45.8. The molecule has 0 bridgehead atoms. The first-order valence-corrected chi connectivity index (χ1v) is 14.1. The topological polar surface area (TPSA) is 416 Å². The number of aliphatic carboxylic acids is 4. The molecule has 0 saturated carbocycles. The zero-order valence-corrected chi connectivity index (χ0v) is 24.3. The van der Waals surface area contributed by atoms with E-state index < -0.39 is 147 Å². The van der Waals surface area contributed by atoms with E-state index in [1.54, 1.807) is 0 Å². The Morgan fingerprint density at radius 1 is 0.347 bits per heavy atom. The molecule has 4 saturated heterocycles. The summed E-state index contributed by atoms with van der Waals surface area (Å²) < 4.78 is 35.3. The highest BCUT2D eigenvalue weighted by Gasteiger charge is 2.58. The van der Waals surface area contributed by atoms with Gasteiger partial charge in [0.05, 0.1) is 0 Å². The Morgan fingerprint density at radius 3 is 0.980 bits per heavy atom. The molecule has 4 fully saturated rings. The highest BCUT2D eigenvalue weighted by Crippen LogP contribution is 2.34. The Hall–Kier alpha value is -2.80. The van der Waals surface area contributed by atoms with Crippen molar-refractivity contribution in [3.63, 3.8) is 0 Å². The third kappa shape index (κ3) is 7.62. The van der Waals surface area contributed by atoms with E-state index in [2.05, 4.69) is 4.74 Å². The van der Waals surface area contributed by atoms with E-state index in [1.807, 2.05) is 0 Å². The number of carboxylic acids is 4. The summed E-state index contributed by atoms with van der Waals surface area (Å²) in [6, 6.07) is 0. The molecule has 4 rings (SSSR count). The Kier molecular flexibility index (Phi) is 12.1. The number of ether oxygens (including phenoxy) is 7. The normalized spacial score (nSPS) is 49.2. The van der Waals surface area contributed by atoms with Crippen LogP contribution in [-0.4, -0.2) is 218 Å². The molecule has 25 nitrogen and oxygen atoms in total. The molecule has 0 amide bonds. The quantitative estimate of drug-likeness (QED) is 0.0995. The van der Waals surface area contributed by atoms with Gasteiger partial charge in [0.15, 0.2) is 49.6 Å². The number of carboxylic acid groups (broad SMARTS) is 4. The van der Waals surface area contributed by atoms with Gasteiger partial charge in [-0.25, -0.2) is 19.2 Å². The van der Waals surface area contributed by atoms with Crippen molar-refractivity contribution in [2.45, 2.75) is 123 Å². The van der Waals surface area contributed by atoms with Crippen LogP contribution in [0.3, 0.4) is 0 Å². The van der Waals surface area contributed by atoms with Crippen molar-refractivity contribution in [2.24, 2.45) is 0 Å². The molecule has 0 spiro atoms. The number of hydrogen-bond acceptors (Lipinski definition) is 21. The molecule has 0 aromatic heterocycles. The third-order valence-electron chi connectivity index (χ3n) is 8.07. The van der Waals surface area contributed by atoms with E-state index in [0.717, 1.165) is 0 Å². The molecule has 0 unspecified atom stereocenters. The van der Waals surface area contributed by atoms with E-state index in [4.69, 9.17) is 28.4 Å². The Labute approximate surface area is 271 Å². The average Bonchev–Trinajstić information content (AvgIpc) is 3.03. The van der Waals surface area contributed by atoms with Gasteiger partial charge in [-0.3, -0.25) is 0 Å². The minimum Gasteiger partial charge on any atom is -0.479 e. The number of hydrogen-bond donors (Lipinski definition) is 14. The van der Waals surface area contributed by atoms with Crippen molar-refractivity contribution in [3.8, 4) is 0 Å². The lowest BCUT2D eigenvalue weighted by molar-refractivity contribution is -0.378. The Morgan fingerprint density at radius 2 is 0.633 bits per heavy atom. The molecular formula is C24H34O25. The maximum absolute atomic E-state index is 12.1. The van der Waals surface area contributed by atoms with Crippen LogP contribution in [0.4, 0.5) is 0 Å². The van der Waals surface area contributed by atoms with Crippen LogP contribution in [0.5, 0.6) is 0 Å². The van der Waals surface area contributed by atoms with E-state index in [1.165, 1.54) is 0 Å². The average molecular weight is 723 g/mol. The van der Waals surface area contributed by atoms with E-state index in [-0.39, 0.29) is 0 Å². The molecule has 20 atom stereocenters. The number of carbonyl (C=O) groups is 4. The first kappa shape index (κ1) is 39.0. The number of rotatable bonds is 10. The van der Waals surface area contributed by atoms with Crippen LogP contribution < -0.4 is 0 Å². The highest BCUT2D eigenvalue weighted by molar-refractivity contribution is 5.75. The molecule has 14 N–H and O–H groups in total. The SMILES string of the molecule is O=C(O)[C@H]1O[C@@H](O[C@H]2[C@H](O)[C@H](O)[C@H](O[C@H]3[C@H](O)[C@H](O)[C@H](O[C@H]4[C@H](O)[C@H](O)[C@H](O)O[C@@H]4C(=O)O)O[C@@H]3C(=O)O)O[C@@H]2C(=O)O)[C@@H](O)[C@@H](O)[C@@H]1O. The van der Waals surface area contributed by atoms with Crippen molar-refractivity contribution < 1.29 is 124 Å². The second-order valence-electron chi connectivity index (χ2n) is 11.3. The van der Waals surface area contributed by atoms with Crippen molar-refractivity contribution in [3.05, 3.63) is 0 Å². The fraction of sp³-hybridized carbons (Fsp3) is 0.833. The van der Waals surface area contributed by atoms with Gasteiger partial charge in [-0.05, 0) is 0 Å². The smallest absolute Gasteiger partial charge is 0.335 e. The predicted molar refractivity (Wildman–Crippen MR) is 136 cm³/mol. The Balaban J connectivity index is 1.51. The van der Waals surface area contributed by atoms with Gasteiger partial charge in [-0.2, -0.15) is 0 Å². The van der Waals surface area contributed by atoms with Crippen LogP contribution in [-0.2, 0) is 52.3 Å². The van der Waals surface area contributed by atoms with Crippen LogP contribution in [0.15, 0.2) is 0 Å². The fourth-order valence-electron chi connectivity index (χ4n) is 5.43. The van der Waals surface area contributed by atoms with Gasteiger partial charge in [-0.1, -0.05) is 0 Å². The maximum atomic E-state index is 12.1. The molecule has 4 aliphatic rings. The van der Waals surface area contributed by atoms with Gasteiger partial charge < -0.3 is 105 Å². The van der Waals surface area contributed by atoms with Crippen LogP contribution in [0, 0.1) is 0 Å². The number of aliphatic hydroxyl groups excluding tert-OH is 10.